The number of fused-ring (bicyclic) bond motifs is 1. The quantitative estimate of drug-likeness (QED) is 0.169. The molecule has 0 spiro atoms. The maximum absolute atomic E-state index is 15.3. The number of benzene rings is 3. The molecule has 0 aliphatic carbocycles. The molecule has 0 amide bonds. The number of rotatable bonds is 5. The van der Waals surface area contributed by atoms with E-state index in [1.54, 1.807) is 13.0 Å². The molecule has 15 heteroatoms. The first-order valence-corrected chi connectivity index (χ1v) is 12.5. The molecular weight excluding hydrogens is 591 g/mol. The minimum atomic E-state index is -5.08. The third kappa shape index (κ3) is 6.62. The van der Waals surface area contributed by atoms with E-state index < -0.39 is 58.6 Å². The molecule has 4 N–H and O–H groups in total. The summed E-state index contributed by atoms with van der Waals surface area (Å²) in [5.41, 5.74) is -1.73. The molecule has 2 heterocycles. The standard InChI is InChI=1S/C26H21F4N3O3.C2HF3O2/c1-12-31-18-9-15(8-17(26(35)36)25(18)32-12)20-23(29)21(27)19(22(28)24(20)30)14-4-2-3-13(7-14)10-33-6-5-16(34)11-33;3-2(4,5)1(6)7/h2-4,7-9,16,34H,5-6,10-11H2,1H3,(H,31,32)(H,35,36);(H,6,7)/t16-;/m1./s1. The predicted molar refractivity (Wildman–Crippen MR) is 138 cm³/mol. The second-order valence-electron chi connectivity index (χ2n) is 9.73. The van der Waals surface area contributed by atoms with Gasteiger partial charge in [0, 0.05) is 19.6 Å². The Morgan fingerprint density at radius 1 is 0.977 bits per heavy atom. The van der Waals surface area contributed by atoms with Crippen LogP contribution >= 0.6 is 0 Å². The molecule has 1 aliphatic rings. The zero-order valence-electron chi connectivity index (χ0n) is 22.1. The number of alkyl halides is 3. The van der Waals surface area contributed by atoms with Crippen LogP contribution in [0.15, 0.2) is 36.4 Å². The number of nitrogens with one attached hydrogen (secondary N) is 1. The van der Waals surface area contributed by atoms with E-state index in [0.29, 0.717) is 37.4 Å². The van der Waals surface area contributed by atoms with Gasteiger partial charge in [0.25, 0.3) is 0 Å². The van der Waals surface area contributed by atoms with Gasteiger partial charge in [0.2, 0.25) is 0 Å². The van der Waals surface area contributed by atoms with Crippen LogP contribution in [0.3, 0.4) is 0 Å². The number of aromatic nitrogens is 2. The monoisotopic (exact) mass is 613 g/mol. The molecule has 1 fully saturated rings. The number of aliphatic hydroxyl groups is 1. The molecule has 0 bridgehead atoms. The molecule has 0 saturated carbocycles. The maximum Gasteiger partial charge on any atom is 0.490 e. The summed E-state index contributed by atoms with van der Waals surface area (Å²) in [6, 6.07) is 8.20. The van der Waals surface area contributed by atoms with Crippen molar-refractivity contribution in [1.29, 1.82) is 0 Å². The SMILES string of the molecule is Cc1nc2c(C(=O)O)cc(-c3c(F)c(F)c(-c4cccc(CN5CC[C@@H](O)C5)c4)c(F)c3F)cc2[nH]1.O=C(O)C(F)(F)F. The van der Waals surface area contributed by atoms with Crippen LogP contribution in [0, 0.1) is 30.2 Å². The Kier molecular flexibility index (Phi) is 8.78. The van der Waals surface area contributed by atoms with Crippen molar-refractivity contribution < 1.29 is 55.6 Å². The number of carboxylic acid groups (broad SMARTS) is 2. The van der Waals surface area contributed by atoms with E-state index in [1.807, 2.05) is 4.90 Å². The highest BCUT2D eigenvalue weighted by atomic mass is 19.4. The first-order valence-electron chi connectivity index (χ1n) is 12.5. The Labute approximate surface area is 238 Å². The van der Waals surface area contributed by atoms with Crippen LogP contribution in [0.2, 0.25) is 0 Å². The van der Waals surface area contributed by atoms with Crippen LogP contribution in [0.5, 0.6) is 0 Å². The number of halogens is 7. The molecule has 228 valence electrons. The van der Waals surface area contributed by atoms with Crippen LogP contribution in [0.1, 0.15) is 28.2 Å². The Morgan fingerprint density at radius 2 is 1.56 bits per heavy atom. The maximum atomic E-state index is 15.3. The number of hydrogen-bond acceptors (Lipinski definition) is 5. The lowest BCUT2D eigenvalue weighted by atomic mass is 9.95. The summed E-state index contributed by atoms with van der Waals surface area (Å²) in [5, 5.41) is 26.4. The molecule has 43 heavy (non-hydrogen) atoms. The topological polar surface area (TPSA) is 127 Å². The molecule has 1 aliphatic heterocycles. The third-order valence-corrected chi connectivity index (χ3v) is 6.60. The highest BCUT2D eigenvalue weighted by molar-refractivity contribution is 6.03. The third-order valence-electron chi connectivity index (χ3n) is 6.60. The Bertz CT molecular complexity index is 1690. The summed E-state index contributed by atoms with van der Waals surface area (Å²) >= 11 is 0. The number of aryl methyl sites for hydroxylation is 1. The van der Waals surface area contributed by atoms with Gasteiger partial charge < -0.3 is 20.3 Å². The first kappa shape index (κ1) is 31.4. The second-order valence-corrected chi connectivity index (χ2v) is 9.73. The van der Waals surface area contributed by atoms with E-state index in [1.165, 1.54) is 24.3 Å². The van der Waals surface area contributed by atoms with Crippen molar-refractivity contribution in [3.05, 3.63) is 76.6 Å². The van der Waals surface area contributed by atoms with Gasteiger partial charge >= 0.3 is 18.1 Å². The van der Waals surface area contributed by atoms with E-state index in [2.05, 4.69) is 9.97 Å². The average molecular weight is 613 g/mol. The number of nitrogens with zero attached hydrogens (tertiary/aromatic N) is 2. The lowest BCUT2D eigenvalue weighted by Gasteiger charge is -2.17. The number of aliphatic carboxylic acids is 1. The lowest BCUT2D eigenvalue weighted by Crippen LogP contribution is -2.21. The van der Waals surface area contributed by atoms with Crippen molar-refractivity contribution in [3.8, 4) is 22.3 Å². The number of imidazole rings is 1. The fourth-order valence-electron chi connectivity index (χ4n) is 4.73. The molecule has 4 aromatic rings. The van der Waals surface area contributed by atoms with Gasteiger partial charge in [-0.15, -0.1) is 0 Å². The second kappa shape index (κ2) is 12.0. The van der Waals surface area contributed by atoms with Gasteiger partial charge in [0.05, 0.1) is 28.3 Å². The molecule has 3 aromatic carbocycles. The van der Waals surface area contributed by atoms with E-state index in [9.17, 15) is 28.2 Å². The van der Waals surface area contributed by atoms with Crippen molar-refractivity contribution in [3.63, 3.8) is 0 Å². The van der Waals surface area contributed by atoms with Crippen molar-refractivity contribution in [1.82, 2.24) is 14.9 Å². The number of carboxylic acids is 2. The first-order chi connectivity index (χ1) is 20.1. The van der Waals surface area contributed by atoms with E-state index in [4.69, 9.17) is 9.90 Å². The predicted octanol–water partition coefficient (Wildman–Crippen LogP) is 5.66. The minimum absolute atomic E-state index is 0.0440. The van der Waals surface area contributed by atoms with Gasteiger partial charge in [-0.1, -0.05) is 18.2 Å². The Balaban J connectivity index is 0.000000541. The summed E-state index contributed by atoms with van der Waals surface area (Å²) in [6.45, 7) is 3.09. The number of aliphatic hydroxyl groups excluding tert-OH is 1. The normalized spacial score (nSPS) is 15.4. The zero-order valence-corrected chi connectivity index (χ0v) is 22.1. The highest BCUT2D eigenvalue weighted by Gasteiger charge is 2.38. The van der Waals surface area contributed by atoms with E-state index in [0.717, 1.165) is 6.07 Å². The van der Waals surface area contributed by atoms with Crippen LogP contribution in [0.25, 0.3) is 33.3 Å². The summed E-state index contributed by atoms with van der Waals surface area (Å²) in [7, 11) is 0. The number of likely N-dealkylation sites (tertiary alicyclic amines) is 1. The highest BCUT2D eigenvalue weighted by Crippen LogP contribution is 2.38. The zero-order chi connectivity index (χ0) is 31.8. The number of β-amino-alcohol motifs (C(OH)–C–C–N with tert-alkyl or cyclic N) is 1. The average Bonchev–Trinajstić information content (AvgIpc) is 3.51. The lowest BCUT2D eigenvalue weighted by molar-refractivity contribution is -0.192. The smallest absolute Gasteiger partial charge is 0.478 e. The van der Waals surface area contributed by atoms with Gasteiger partial charge in [-0.3, -0.25) is 4.90 Å². The van der Waals surface area contributed by atoms with Crippen LogP contribution in [-0.2, 0) is 11.3 Å². The molecule has 8 nitrogen and oxygen atoms in total. The van der Waals surface area contributed by atoms with Crippen molar-refractivity contribution >= 4 is 23.0 Å². The molecule has 5 rings (SSSR count). The van der Waals surface area contributed by atoms with Gasteiger partial charge in [0.15, 0.2) is 23.3 Å². The van der Waals surface area contributed by atoms with Gasteiger partial charge in [-0.25, -0.2) is 32.1 Å². The van der Waals surface area contributed by atoms with E-state index >= 15 is 17.6 Å². The number of hydrogen-bond donors (Lipinski definition) is 4. The largest absolute Gasteiger partial charge is 0.490 e. The van der Waals surface area contributed by atoms with Crippen LogP contribution < -0.4 is 0 Å². The molecule has 0 unspecified atom stereocenters. The van der Waals surface area contributed by atoms with E-state index in [-0.39, 0.29) is 27.7 Å². The van der Waals surface area contributed by atoms with Gasteiger partial charge in [-0.05, 0) is 48.2 Å². The number of H-pyrrole nitrogens is 1. The summed E-state index contributed by atoms with van der Waals surface area (Å²) in [4.78, 5) is 29.4. The Hall–Kier alpha value is -4.50. The number of aromatic carboxylic acids is 1. The number of aromatic amines is 1. The fourth-order valence-corrected chi connectivity index (χ4v) is 4.73. The molecule has 1 aromatic heterocycles. The fraction of sp³-hybridized carbons (Fsp3) is 0.250. The summed E-state index contributed by atoms with van der Waals surface area (Å²) in [6.07, 6.45) is -4.90. The summed E-state index contributed by atoms with van der Waals surface area (Å²) < 4.78 is 92.9. The van der Waals surface area contributed by atoms with Crippen LogP contribution in [0.4, 0.5) is 30.7 Å². The molecule has 1 saturated heterocycles. The van der Waals surface area contributed by atoms with Gasteiger partial charge in [0.1, 0.15) is 11.3 Å². The van der Waals surface area contributed by atoms with Crippen molar-refractivity contribution in [2.45, 2.75) is 32.2 Å². The molecule has 0 radical (unpaired) electrons. The number of carbonyl (C=O) groups is 2. The molecule has 1 atom stereocenters. The van der Waals surface area contributed by atoms with Gasteiger partial charge in [-0.2, -0.15) is 13.2 Å². The summed E-state index contributed by atoms with van der Waals surface area (Å²) in [5.74, 6) is -10.2. The Morgan fingerprint density at radius 3 is 2.07 bits per heavy atom. The molecular formula is C28H22F7N3O5. The van der Waals surface area contributed by atoms with Crippen LogP contribution in [-0.4, -0.2) is 67.5 Å². The minimum Gasteiger partial charge on any atom is -0.478 e. The van der Waals surface area contributed by atoms with Crippen molar-refractivity contribution in [2.75, 3.05) is 13.1 Å². The van der Waals surface area contributed by atoms with Crippen molar-refractivity contribution in [2.24, 2.45) is 0 Å².